The molecule has 0 aliphatic heterocycles. The maximum absolute atomic E-state index is 13.1. The van der Waals surface area contributed by atoms with E-state index in [-0.39, 0.29) is 21.4 Å². The van der Waals surface area contributed by atoms with Gasteiger partial charge in [-0.2, -0.15) is 10.1 Å². The zero-order valence-corrected chi connectivity index (χ0v) is 20.7. The normalized spacial score (nSPS) is 11.7. The van der Waals surface area contributed by atoms with Crippen molar-refractivity contribution >= 4 is 65.0 Å². The van der Waals surface area contributed by atoms with Gasteiger partial charge in [0.15, 0.2) is 9.84 Å². The number of nitro groups is 1. The summed E-state index contributed by atoms with van der Waals surface area (Å²) in [6.07, 6.45) is 0.978. The summed E-state index contributed by atoms with van der Waals surface area (Å²) in [5.74, 6) is -0.378. The van der Waals surface area contributed by atoms with Gasteiger partial charge in [0, 0.05) is 12.5 Å². The first-order chi connectivity index (χ1) is 16.8. The third-order valence-corrected chi connectivity index (χ3v) is 8.48. The predicted molar refractivity (Wildman–Crippen MR) is 135 cm³/mol. The van der Waals surface area contributed by atoms with Crippen LogP contribution in [0.25, 0.3) is 10.2 Å². The molecular formula is C22H18N4O6S3. The number of hydrogen-bond acceptors (Lipinski definition) is 10. The number of nitrogens with zero attached hydrogens (tertiary/aromatic N) is 4. The number of thiophene rings is 1. The molecule has 0 radical (unpaired) electrons. The fraction of sp³-hybridized carbons (Fsp3) is 0.136. The lowest BCUT2D eigenvalue weighted by Gasteiger charge is -2.13. The van der Waals surface area contributed by atoms with Gasteiger partial charge in [0.25, 0.3) is 5.91 Å². The molecule has 35 heavy (non-hydrogen) atoms. The second-order valence-electron chi connectivity index (χ2n) is 7.10. The van der Waals surface area contributed by atoms with Crippen molar-refractivity contribution in [2.45, 2.75) is 11.3 Å². The highest BCUT2D eigenvalue weighted by Gasteiger charge is 2.23. The fourth-order valence-electron chi connectivity index (χ4n) is 3.03. The van der Waals surface area contributed by atoms with Crippen molar-refractivity contribution in [3.63, 3.8) is 0 Å². The lowest BCUT2D eigenvalue weighted by molar-refractivity contribution is -0.380. The Labute approximate surface area is 208 Å². The topological polar surface area (TPSA) is 132 Å². The minimum absolute atomic E-state index is 0.0645. The first-order valence-electron chi connectivity index (χ1n) is 10.1. The number of sulfone groups is 1. The predicted octanol–water partition coefficient (Wildman–Crippen LogP) is 4.51. The van der Waals surface area contributed by atoms with E-state index in [0.717, 1.165) is 21.0 Å². The summed E-state index contributed by atoms with van der Waals surface area (Å²) in [4.78, 5) is 28.6. The van der Waals surface area contributed by atoms with E-state index in [1.807, 2.05) is 0 Å². The molecule has 2 aromatic heterocycles. The molecule has 0 spiro atoms. The number of carbonyl (C=O) groups excluding carboxylic acids is 1. The number of hydrogen-bond donors (Lipinski definition) is 0. The Balaban J connectivity index is 1.63. The molecule has 0 saturated heterocycles. The van der Waals surface area contributed by atoms with Crippen molar-refractivity contribution in [3.8, 4) is 5.75 Å². The SMILES string of the molecule is COc1ccc2nc(N(/N=C/c3ccc([N+](=O)[O-])s3)C(=O)CCS(=O)(=O)c3ccccc3)sc2c1. The highest BCUT2D eigenvalue weighted by molar-refractivity contribution is 7.91. The van der Waals surface area contributed by atoms with Crippen LogP contribution in [0.1, 0.15) is 11.3 Å². The Morgan fingerprint density at radius 2 is 1.94 bits per heavy atom. The molecule has 4 aromatic rings. The molecule has 0 bridgehead atoms. The molecule has 1 amide bonds. The van der Waals surface area contributed by atoms with Gasteiger partial charge >= 0.3 is 5.00 Å². The molecule has 13 heteroatoms. The number of benzene rings is 2. The fourth-order valence-corrected chi connectivity index (χ4v) is 5.94. The molecule has 0 atom stereocenters. The summed E-state index contributed by atoms with van der Waals surface area (Å²) >= 11 is 2.08. The van der Waals surface area contributed by atoms with Gasteiger partial charge in [-0.05, 0) is 36.4 Å². The number of hydrazone groups is 1. The molecule has 0 unspecified atom stereocenters. The number of anilines is 1. The van der Waals surface area contributed by atoms with Gasteiger partial charge in [0.1, 0.15) is 5.75 Å². The molecule has 0 saturated carbocycles. The van der Waals surface area contributed by atoms with Crippen LogP contribution in [0, 0.1) is 10.1 Å². The largest absolute Gasteiger partial charge is 0.497 e. The summed E-state index contributed by atoms with van der Waals surface area (Å²) in [6, 6.07) is 16.0. The van der Waals surface area contributed by atoms with Crippen molar-refractivity contribution < 1.29 is 22.9 Å². The quantitative estimate of drug-likeness (QED) is 0.177. The lowest BCUT2D eigenvalue weighted by Crippen LogP contribution is -2.27. The molecular weight excluding hydrogens is 512 g/mol. The van der Waals surface area contributed by atoms with E-state index in [4.69, 9.17) is 4.74 Å². The van der Waals surface area contributed by atoms with Crippen LogP contribution in [0.3, 0.4) is 0 Å². The summed E-state index contributed by atoms with van der Waals surface area (Å²) < 4.78 is 31.3. The van der Waals surface area contributed by atoms with Crippen molar-refractivity contribution in [1.29, 1.82) is 0 Å². The zero-order valence-electron chi connectivity index (χ0n) is 18.2. The van der Waals surface area contributed by atoms with Gasteiger partial charge in [-0.1, -0.05) is 40.9 Å². The Kier molecular flexibility index (Phi) is 7.19. The van der Waals surface area contributed by atoms with E-state index < -0.39 is 26.4 Å². The minimum Gasteiger partial charge on any atom is -0.497 e. The van der Waals surface area contributed by atoms with Crippen LogP contribution >= 0.6 is 22.7 Å². The smallest absolute Gasteiger partial charge is 0.324 e. The van der Waals surface area contributed by atoms with Crippen LogP contribution in [-0.2, 0) is 14.6 Å². The second-order valence-corrected chi connectivity index (χ2v) is 11.3. The third-order valence-electron chi connectivity index (χ3n) is 4.78. The van der Waals surface area contributed by atoms with Crippen LogP contribution in [0.4, 0.5) is 10.1 Å². The van der Waals surface area contributed by atoms with E-state index in [1.54, 1.807) is 36.4 Å². The van der Waals surface area contributed by atoms with Crippen molar-refractivity contribution in [3.05, 3.63) is 75.7 Å². The minimum atomic E-state index is -3.68. The standard InChI is InChI=1S/C22H18N4O6S3/c1-32-15-7-9-18-19(13-15)34-22(24-18)25(23-14-16-8-10-21(33-16)26(28)29)20(27)11-12-35(30,31)17-5-3-2-4-6-17/h2-10,13-14H,11-12H2,1H3/b23-14+. The second kappa shape index (κ2) is 10.3. The number of aromatic nitrogens is 1. The number of thiazole rings is 1. The zero-order chi connectivity index (χ0) is 25.0. The molecule has 0 N–H and O–H groups in total. The summed E-state index contributed by atoms with van der Waals surface area (Å²) in [7, 11) is -2.15. The number of amides is 1. The van der Waals surface area contributed by atoms with Crippen LogP contribution < -0.4 is 9.75 Å². The van der Waals surface area contributed by atoms with Crippen LogP contribution in [0.2, 0.25) is 0 Å². The van der Waals surface area contributed by atoms with Gasteiger partial charge in [-0.25, -0.2) is 13.4 Å². The monoisotopic (exact) mass is 530 g/mol. The Morgan fingerprint density at radius 1 is 1.17 bits per heavy atom. The van der Waals surface area contributed by atoms with E-state index in [1.165, 1.54) is 48.9 Å². The Hall–Kier alpha value is -3.68. The first-order valence-corrected chi connectivity index (χ1v) is 13.4. The number of rotatable bonds is 9. The van der Waals surface area contributed by atoms with Crippen LogP contribution in [0.15, 0.2) is 70.7 Å². The molecule has 0 fully saturated rings. The van der Waals surface area contributed by atoms with Gasteiger partial charge in [0.05, 0.1) is 44.0 Å². The van der Waals surface area contributed by atoms with Crippen molar-refractivity contribution in [2.24, 2.45) is 5.10 Å². The van der Waals surface area contributed by atoms with E-state index in [9.17, 15) is 23.3 Å². The summed E-state index contributed by atoms with van der Waals surface area (Å²) in [5, 5.41) is 16.4. The molecule has 10 nitrogen and oxygen atoms in total. The number of carbonyl (C=O) groups is 1. The highest BCUT2D eigenvalue weighted by atomic mass is 32.2. The van der Waals surface area contributed by atoms with Crippen LogP contribution in [0.5, 0.6) is 5.75 Å². The van der Waals surface area contributed by atoms with E-state index >= 15 is 0 Å². The maximum atomic E-state index is 13.1. The summed E-state index contributed by atoms with van der Waals surface area (Å²) in [5.41, 5.74) is 0.613. The van der Waals surface area contributed by atoms with E-state index in [2.05, 4.69) is 10.1 Å². The number of methoxy groups -OCH3 is 1. The van der Waals surface area contributed by atoms with Gasteiger partial charge < -0.3 is 4.74 Å². The molecule has 4 rings (SSSR count). The Bertz CT molecular complexity index is 1510. The average Bonchev–Trinajstić information content (AvgIpc) is 3.50. The van der Waals surface area contributed by atoms with Crippen molar-refractivity contribution in [2.75, 3.05) is 17.9 Å². The molecule has 0 aliphatic rings. The van der Waals surface area contributed by atoms with Gasteiger partial charge in [-0.3, -0.25) is 14.9 Å². The number of fused-ring (bicyclic) bond motifs is 1. The van der Waals surface area contributed by atoms with E-state index in [0.29, 0.717) is 16.1 Å². The summed E-state index contributed by atoms with van der Waals surface area (Å²) in [6.45, 7) is 0. The Morgan fingerprint density at radius 3 is 2.63 bits per heavy atom. The van der Waals surface area contributed by atoms with Gasteiger partial charge in [-0.15, -0.1) is 0 Å². The first kappa shape index (κ1) is 24.4. The third kappa shape index (κ3) is 5.70. The molecule has 0 aliphatic carbocycles. The average molecular weight is 531 g/mol. The molecule has 2 heterocycles. The molecule has 2 aromatic carbocycles. The molecule has 180 valence electrons. The maximum Gasteiger partial charge on any atom is 0.324 e. The lowest BCUT2D eigenvalue weighted by atomic mass is 10.3. The number of ether oxygens (including phenoxy) is 1. The van der Waals surface area contributed by atoms with Gasteiger partial charge in [0.2, 0.25) is 5.13 Å². The van der Waals surface area contributed by atoms with Crippen LogP contribution in [-0.4, -0.2) is 43.3 Å². The highest BCUT2D eigenvalue weighted by Crippen LogP contribution is 2.32. The van der Waals surface area contributed by atoms with Crippen molar-refractivity contribution in [1.82, 2.24) is 4.98 Å².